The van der Waals surface area contributed by atoms with Crippen molar-refractivity contribution in [2.24, 2.45) is 0 Å². The van der Waals surface area contributed by atoms with Crippen LogP contribution in [0.4, 0.5) is 0 Å². The van der Waals surface area contributed by atoms with Crippen molar-refractivity contribution in [2.45, 2.75) is 26.2 Å². The van der Waals surface area contributed by atoms with Gasteiger partial charge >= 0.3 is 0 Å². The van der Waals surface area contributed by atoms with Gasteiger partial charge in [0.2, 0.25) is 5.91 Å². The highest BCUT2D eigenvalue weighted by molar-refractivity contribution is 5.91. The quantitative estimate of drug-likeness (QED) is 0.918. The van der Waals surface area contributed by atoms with Crippen LogP contribution in [0.1, 0.15) is 30.9 Å². The Kier molecular flexibility index (Phi) is 3.07. The van der Waals surface area contributed by atoms with Crippen LogP contribution >= 0.6 is 0 Å². The Labute approximate surface area is 111 Å². The van der Waals surface area contributed by atoms with E-state index >= 15 is 0 Å². The smallest absolute Gasteiger partial charge is 0.219 e. The zero-order chi connectivity index (χ0) is 13.2. The molecule has 0 fully saturated rings. The van der Waals surface area contributed by atoms with Crippen LogP contribution in [0, 0.1) is 0 Å². The van der Waals surface area contributed by atoms with Crippen molar-refractivity contribution in [3.63, 3.8) is 0 Å². The molecule has 0 radical (unpaired) electrons. The molecule has 0 saturated heterocycles. The second-order valence-electron chi connectivity index (χ2n) is 4.69. The summed E-state index contributed by atoms with van der Waals surface area (Å²) in [6, 6.07) is 4.12. The van der Waals surface area contributed by atoms with E-state index in [1.807, 2.05) is 13.0 Å². The van der Waals surface area contributed by atoms with E-state index in [0.29, 0.717) is 13.0 Å². The number of fused-ring (bicyclic) bond motifs is 3. The Hall–Kier alpha value is -2.10. The molecule has 3 rings (SSSR count). The van der Waals surface area contributed by atoms with Crippen LogP contribution in [0.2, 0.25) is 0 Å². The number of carbonyl (C=O) groups is 1. The maximum atomic E-state index is 11.2. The second-order valence-corrected chi connectivity index (χ2v) is 4.69. The van der Waals surface area contributed by atoms with Crippen molar-refractivity contribution in [3.05, 3.63) is 35.7 Å². The van der Waals surface area contributed by atoms with Gasteiger partial charge in [-0.25, -0.2) is 4.98 Å². The number of aromatic nitrogens is 1. The predicted octanol–water partition coefficient (Wildman–Crippen LogP) is 2.68. The summed E-state index contributed by atoms with van der Waals surface area (Å²) in [7, 11) is 0. The topological polar surface area (TPSA) is 55.1 Å². The minimum absolute atomic E-state index is 0.0768. The fourth-order valence-corrected chi connectivity index (χ4v) is 2.54. The molecule has 0 unspecified atom stereocenters. The summed E-state index contributed by atoms with van der Waals surface area (Å²) in [4.78, 5) is 15.4. The average Bonchev–Trinajstić information content (AvgIpc) is 3.03. The lowest BCUT2D eigenvalue weighted by Gasteiger charge is -2.03. The fraction of sp³-hybridized carbons (Fsp3) is 0.333. The summed E-state index contributed by atoms with van der Waals surface area (Å²) in [6.45, 7) is 2.43. The highest BCUT2D eigenvalue weighted by Crippen LogP contribution is 2.37. The zero-order valence-corrected chi connectivity index (χ0v) is 10.9. The Balaban J connectivity index is 1.90. The van der Waals surface area contributed by atoms with Gasteiger partial charge in [-0.15, -0.1) is 0 Å². The van der Waals surface area contributed by atoms with Crippen LogP contribution in [0.25, 0.3) is 16.7 Å². The summed E-state index contributed by atoms with van der Waals surface area (Å²) in [5, 5.41) is 2.87. The summed E-state index contributed by atoms with van der Waals surface area (Å²) >= 11 is 0. The first kappa shape index (κ1) is 12.0. The molecule has 0 spiro atoms. The van der Waals surface area contributed by atoms with Crippen LogP contribution in [0.15, 0.2) is 29.0 Å². The number of nitrogens with one attached hydrogen (secondary N) is 1. The normalized spacial score (nSPS) is 15.9. The summed E-state index contributed by atoms with van der Waals surface area (Å²) in [5.41, 5.74) is 5.47. The largest absolute Gasteiger partial charge is 0.443 e. The van der Waals surface area contributed by atoms with E-state index in [4.69, 9.17) is 4.42 Å². The van der Waals surface area contributed by atoms with E-state index in [9.17, 15) is 4.79 Å². The van der Waals surface area contributed by atoms with E-state index in [2.05, 4.69) is 22.4 Å². The van der Waals surface area contributed by atoms with Crippen LogP contribution in [0.5, 0.6) is 0 Å². The van der Waals surface area contributed by atoms with E-state index < -0.39 is 0 Å². The Morgan fingerprint density at radius 2 is 2.37 bits per heavy atom. The van der Waals surface area contributed by atoms with Crippen LogP contribution in [-0.2, 0) is 11.2 Å². The molecule has 1 aliphatic rings. The molecule has 0 saturated carbocycles. The minimum Gasteiger partial charge on any atom is -0.443 e. The average molecular weight is 256 g/mol. The SMILES string of the molecule is CCC(=O)NCC=C1CCc2ccc3ncoc3c21. The number of rotatable bonds is 3. The molecule has 1 aliphatic carbocycles. The molecule has 2 aromatic rings. The number of aryl methyl sites for hydroxylation is 1. The standard InChI is InChI=1S/C15H16N2O2/c1-2-13(18)16-8-7-11-4-3-10-5-6-12-15(14(10)11)19-9-17-12/h5-7,9H,2-4,8H2,1H3,(H,16,18). The van der Waals surface area contributed by atoms with Gasteiger partial charge in [-0.1, -0.05) is 19.1 Å². The molecule has 0 atom stereocenters. The zero-order valence-electron chi connectivity index (χ0n) is 10.9. The van der Waals surface area contributed by atoms with Gasteiger partial charge in [0.25, 0.3) is 0 Å². The predicted molar refractivity (Wildman–Crippen MR) is 73.6 cm³/mol. The highest BCUT2D eigenvalue weighted by Gasteiger charge is 2.20. The van der Waals surface area contributed by atoms with Crippen molar-refractivity contribution in [1.82, 2.24) is 10.3 Å². The number of hydrogen-bond donors (Lipinski definition) is 1. The number of hydrogen-bond acceptors (Lipinski definition) is 3. The number of allylic oxidation sites excluding steroid dienone is 1. The molecule has 0 aliphatic heterocycles. The molecule has 19 heavy (non-hydrogen) atoms. The highest BCUT2D eigenvalue weighted by atomic mass is 16.3. The third-order valence-corrected chi connectivity index (χ3v) is 3.54. The molecule has 1 aromatic heterocycles. The third kappa shape index (κ3) is 2.14. The van der Waals surface area contributed by atoms with Gasteiger partial charge < -0.3 is 9.73 Å². The molecule has 1 heterocycles. The molecule has 98 valence electrons. The lowest BCUT2D eigenvalue weighted by Crippen LogP contribution is -2.22. The second kappa shape index (κ2) is 4.88. The molecular formula is C15H16N2O2. The van der Waals surface area contributed by atoms with Crippen molar-refractivity contribution < 1.29 is 9.21 Å². The number of amides is 1. The lowest BCUT2D eigenvalue weighted by atomic mass is 10.1. The van der Waals surface area contributed by atoms with Crippen LogP contribution < -0.4 is 5.32 Å². The summed E-state index contributed by atoms with van der Waals surface area (Å²) < 4.78 is 5.50. The van der Waals surface area contributed by atoms with E-state index in [-0.39, 0.29) is 5.91 Å². The van der Waals surface area contributed by atoms with Crippen LogP contribution in [-0.4, -0.2) is 17.4 Å². The van der Waals surface area contributed by atoms with E-state index in [1.165, 1.54) is 23.1 Å². The van der Waals surface area contributed by atoms with Crippen molar-refractivity contribution >= 4 is 22.6 Å². The van der Waals surface area contributed by atoms with Crippen molar-refractivity contribution in [3.8, 4) is 0 Å². The van der Waals surface area contributed by atoms with Crippen molar-refractivity contribution in [1.29, 1.82) is 0 Å². The number of benzene rings is 1. The van der Waals surface area contributed by atoms with E-state index in [1.54, 1.807) is 0 Å². The van der Waals surface area contributed by atoms with Gasteiger partial charge in [-0.05, 0) is 30.0 Å². The first-order valence-electron chi connectivity index (χ1n) is 6.60. The van der Waals surface area contributed by atoms with Gasteiger partial charge in [0.05, 0.1) is 0 Å². The Bertz CT molecular complexity index is 655. The van der Waals surface area contributed by atoms with E-state index in [0.717, 1.165) is 23.9 Å². The van der Waals surface area contributed by atoms with Gasteiger partial charge in [0, 0.05) is 18.5 Å². The Morgan fingerprint density at radius 3 is 3.21 bits per heavy atom. The first-order valence-corrected chi connectivity index (χ1v) is 6.60. The molecule has 4 heteroatoms. The fourth-order valence-electron chi connectivity index (χ4n) is 2.54. The van der Waals surface area contributed by atoms with Crippen LogP contribution in [0.3, 0.4) is 0 Å². The van der Waals surface area contributed by atoms with Gasteiger partial charge in [-0.3, -0.25) is 4.79 Å². The number of oxazole rings is 1. The molecule has 4 nitrogen and oxygen atoms in total. The number of nitrogens with zero attached hydrogens (tertiary/aromatic N) is 1. The summed E-state index contributed by atoms with van der Waals surface area (Å²) in [5.74, 6) is 0.0768. The minimum atomic E-state index is 0.0768. The lowest BCUT2D eigenvalue weighted by molar-refractivity contribution is -0.120. The molecule has 1 aromatic carbocycles. The molecule has 1 amide bonds. The van der Waals surface area contributed by atoms with Gasteiger partial charge in [0.15, 0.2) is 12.0 Å². The van der Waals surface area contributed by atoms with Gasteiger partial charge in [0.1, 0.15) is 5.52 Å². The maximum Gasteiger partial charge on any atom is 0.219 e. The molecule has 0 bridgehead atoms. The summed E-state index contributed by atoms with van der Waals surface area (Å²) in [6.07, 6.45) is 6.11. The monoisotopic (exact) mass is 256 g/mol. The Morgan fingerprint density at radius 1 is 1.47 bits per heavy atom. The number of carbonyl (C=O) groups excluding carboxylic acids is 1. The molecule has 1 N–H and O–H groups in total. The maximum absolute atomic E-state index is 11.2. The van der Waals surface area contributed by atoms with Gasteiger partial charge in [-0.2, -0.15) is 0 Å². The third-order valence-electron chi connectivity index (χ3n) is 3.54. The first-order chi connectivity index (χ1) is 9.29. The van der Waals surface area contributed by atoms with Crippen molar-refractivity contribution in [2.75, 3.05) is 6.54 Å². The molecular weight excluding hydrogens is 240 g/mol.